The minimum atomic E-state index is -0.354. The molecule has 0 spiro atoms. The van der Waals surface area contributed by atoms with E-state index >= 15 is 0 Å². The SMILES string of the molecule is CC(=O)NC(=Cc1ccccc1)C(=O)Nc1ccc(C)c(C)c1. The van der Waals surface area contributed by atoms with Gasteiger partial charge < -0.3 is 10.6 Å². The van der Waals surface area contributed by atoms with E-state index in [-0.39, 0.29) is 17.5 Å². The molecule has 0 aliphatic rings. The summed E-state index contributed by atoms with van der Waals surface area (Å²) in [5.41, 5.74) is 4.00. The van der Waals surface area contributed by atoms with Crippen LogP contribution in [0.4, 0.5) is 5.69 Å². The summed E-state index contributed by atoms with van der Waals surface area (Å²) in [6.45, 7) is 5.38. The van der Waals surface area contributed by atoms with E-state index < -0.39 is 0 Å². The lowest BCUT2D eigenvalue weighted by Gasteiger charge is -2.11. The Bertz CT molecular complexity index is 749. The van der Waals surface area contributed by atoms with E-state index in [1.807, 2.05) is 62.4 Å². The minimum Gasteiger partial charge on any atom is -0.322 e. The molecule has 2 N–H and O–H groups in total. The molecule has 0 aliphatic carbocycles. The number of amides is 2. The summed E-state index contributed by atoms with van der Waals surface area (Å²) in [6, 6.07) is 15.1. The van der Waals surface area contributed by atoms with Crippen LogP contribution in [0.2, 0.25) is 0 Å². The standard InChI is InChI=1S/C19H20N2O2/c1-13-9-10-17(11-14(13)2)21-19(23)18(20-15(3)22)12-16-7-5-4-6-8-16/h4-12H,1-3H3,(H,20,22)(H,21,23). The Hall–Kier alpha value is -2.88. The molecule has 2 aromatic rings. The molecule has 2 rings (SSSR count). The lowest BCUT2D eigenvalue weighted by atomic mass is 10.1. The fourth-order valence-electron chi connectivity index (χ4n) is 2.08. The largest absolute Gasteiger partial charge is 0.322 e. The molecular weight excluding hydrogens is 288 g/mol. The van der Waals surface area contributed by atoms with Crippen LogP contribution in [0.25, 0.3) is 6.08 Å². The predicted molar refractivity (Wildman–Crippen MR) is 92.8 cm³/mol. The van der Waals surface area contributed by atoms with Crippen LogP contribution < -0.4 is 10.6 Å². The van der Waals surface area contributed by atoms with Gasteiger partial charge in [0.05, 0.1) is 0 Å². The number of carbonyl (C=O) groups excluding carboxylic acids is 2. The molecule has 0 saturated carbocycles. The molecule has 0 fully saturated rings. The number of aryl methyl sites for hydroxylation is 2. The summed E-state index contributed by atoms with van der Waals surface area (Å²) >= 11 is 0. The second-order valence-corrected chi connectivity index (χ2v) is 5.40. The Morgan fingerprint density at radius 3 is 2.26 bits per heavy atom. The third kappa shape index (κ3) is 4.81. The molecule has 0 radical (unpaired) electrons. The maximum absolute atomic E-state index is 12.5. The number of hydrogen-bond donors (Lipinski definition) is 2. The zero-order valence-electron chi connectivity index (χ0n) is 13.5. The van der Waals surface area contributed by atoms with Crippen molar-refractivity contribution in [1.29, 1.82) is 0 Å². The summed E-state index contributed by atoms with van der Waals surface area (Å²) in [5, 5.41) is 5.40. The summed E-state index contributed by atoms with van der Waals surface area (Å²) in [4.78, 5) is 23.8. The van der Waals surface area contributed by atoms with Crippen LogP contribution in [0.5, 0.6) is 0 Å². The van der Waals surface area contributed by atoms with Crippen LogP contribution in [-0.4, -0.2) is 11.8 Å². The van der Waals surface area contributed by atoms with Crippen molar-refractivity contribution in [2.75, 3.05) is 5.32 Å². The van der Waals surface area contributed by atoms with Gasteiger partial charge in [0.25, 0.3) is 5.91 Å². The maximum atomic E-state index is 12.5. The van der Waals surface area contributed by atoms with Crippen molar-refractivity contribution in [1.82, 2.24) is 5.32 Å². The molecule has 2 aromatic carbocycles. The molecule has 4 heteroatoms. The second-order valence-electron chi connectivity index (χ2n) is 5.40. The first-order valence-electron chi connectivity index (χ1n) is 7.38. The van der Waals surface area contributed by atoms with E-state index in [4.69, 9.17) is 0 Å². The number of carbonyl (C=O) groups is 2. The fourth-order valence-corrected chi connectivity index (χ4v) is 2.08. The predicted octanol–water partition coefficient (Wildman–Crippen LogP) is 3.42. The van der Waals surface area contributed by atoms with Crippen LogP contribution >= 0.6 is 0 Å². The smallest absolute Gasteiger partial charge is 0.272 e. The van der Waals surface area contributed by atoms with Gasteiger partial charge in [0.1, 0.15) is 5.70 Å². The van der Waals surface area contributed by atoms with Crippen molar-refractivity contribution in [3.8, 4) is 0 Å². The van der Waals surface area contributed by atoms with Gasteiger partial charge in [-0.1, -0.05) is 36.4 Å². The third-order valence-corrected chi connectivity index (χ3v) is 3.43. The lowest BCUT2D eigenvalue weighted by Crippen LogP contribution is -2.29. The van der Waals surface area contributed by atoms with Gasteiger partial charge in [-0.2, -0.15) is 0 Å². The zero-order valence-corrected chi connectivity index (χ0v) is 13.5. The van der Waals surface area contributed by atoms with Crippen LogP contribution in [0.3, 0.4) is 0 Å². The maximum Gasteiger partial charge on any atom is 0.272 e. The topological polar surface area (TPSA) is 58.2 Å². The van der Waals surface area contributed by atoms with E-state index in [1.54, 1.807) is 6.08 Å². The highest BCUT2D eigenvalue weighted by Crippen LogP contribution is 2.15. The van der Waals surface area contributed by atoms with E-state index in [0.717, 1.165) is 16.7 Å². The first-order chi connectivity index (χ1) is 11.0. The summed E-state index contributed by atoms with van der Waals surface area (Å²) < 4.78 is 0. The third-order valence-electron chi connectivity index (χ3n) is 3.43. The Morgan fingerprint density at radius 2 is 1.65 bits per heavy atom. The van der Waals surface area contributed by atoms with E-state index in [0.29, 0.717) is 5.69 Å². The highest BCUT2D eigenvalue weighted by molar-refractivity contribution is 6.08. The fraction of sp³-hybridized carbons (Fsp3) is 0.158. The summed E-state index contributed by atoms with van der Waals surface area (Å²) in [5.74, 6) is -0.644. The Morgan fingerprint density at radius 1 is 0.957 bits per heavy atom. The summed E-state index contributed by atoms with van der Waals surface area (Å²) in [7, 11) is 0. The van der Waals surface area contributed by atoms with Crippen molar-refractivity contribution in [3.63, 3.8) is 0 Å². The van der Waals surface area contributed by atoms with Crippen molar-refractivity contribution in [3.05, 3.63) is 70.9 Å². The average Bonchev–Trinajstić information content (AvgIpc) is 2.51. The molecule has 0 unspecified atom stereocenters. The highest BCUT2D eigenvalue weighted by Gasteiger charge is 2.12. The molecule has 0 aromatic heterocycles. The number of anilines is 1. The van der Waals surface area contributed by atoms with Gasteiger partial charge in [0, 0.05) is 12.6 Å². The first kappa shape index (κ1) is 16.5. The Kier molecular flexibility index (Phi) is 5.31. The Labute approximate surface area is 136 Å². The molecule has 0 aliphatic heterocycles. The van der Waals surface area contributed by atoms with Gasteiger partial charge in [-0.05, 0) is 48.7 Å². The molecule has 0 atom stereocenters. The quantitative estimate of drug-likeness (QED) is 0.850. The molecule has 0 saturated heterocycles. The van der Waals surface area contributed by atoms with Crippen LogP contribution in [0.1, 0.15) is 23.6 Å². The van der Waals surface area contributed by atoms with Gasteiger partial charge in [0.2, 0.25) is 5.91 Å². The van der Waals surface area contributed by atoms with Crippen LogP contribution in [0.15, 0.2) is 54.2 Å². The van der Waals surface area contributed by atoms with Gasteiger partial charge in [0.15, 0.2) is 0 Å². The lowest BCUT2D eigenvalue weighted by molar-refractivity contribution is -0.120. The van der Waals surface area contributed by atoms with E-state index in [1.165, 1.54) is 6.92 Å². The van der Waals surface area contributed by atoms with Gasteiger partial charge in [-0.3, -0.25) is 9.59 Å². The monoisotopic (exact) mass is 308 g/mol. The van der Waals surface area contributed by atoms with Gasteiger partial charge >= 0.3 is 0 Å². The molecule has 4 nitrogen and oxygen atoms in total. The van der Waals surface area contributed by atoms with Crippen molar-refractivity contribution < 1.29 is 9.59 Å². The van der Waals surface area contributed by atoms with Gasteiger partial charge in [-0.25, -0.2) is 0 Å². The van der Waals surface area contributed by atoms with Crippen molar-refractivity contribution in [2.24, 2.45) is 0 Å². The van der Waals surface area contributed by atoms with Crippen LogP contribution in [-0.2, 0) is 9.59 Å². The normalized spacial score (nSPS) is 11.0. The Balaban J connectivity index is 2.24. The molecule has 118 valence electrons. The average molecular weight is 308 g/mol. The number of rotatable bonds is 4. The molecular formula is C19H20N2O2. The molecule has 2 amide bonds. The number of nitrogens with one attached hydrogen (secondary N) is 2. The molecule has 0 bridgehead atoms. The van der Waals surface area contributed by atoms with Crippen molar-refractivity contribution in [2.45, 2.75) is 20.8 Å². The first-order valence-corrected chi connectivity index (χ1v) is 7.38. The van der Waals surface area contributed by atoms with Crippen LogP contribution in [0, 0.1) is 13.8 Å². The van der Waals surface area contributed by atoms with E-state index in [9.17, 15) is 9.59 Å². The summed E-state index contributed by atoms with van der Waals surface area (Å²) in [6.07, 6.45) is 1.65. The highest BCUT2D eigenvalue weighted by atomic mass is 16.2. The minimum absolute atomic E-state index is 0.210. The molecule has 0 heterocycles. The van der Waals surface area contributed by atoms with Crippen molar-refractivity contribution >= 4 is 23.6 Å². The second kappa shape index (κ2) is 7.40. The van der Waals surface area contributed by atoms with Gasteiger partial charge in [-0.15, -0.1) is 0 Å². The number of hydrogen-bond acceptors (Lipinski definition) is 2. The number of benzene rings is 2. The van der Waals surface area contributed by atoms with E-state index in [2.05, 4.69) is 10.6 Å². The molecule has 23 heavy (non-hydrogen) atoms. The zero-order chi connectivity index (χ0) is 16.8.